The molecular weight excluding hydrogens is 320 g/mol. The lowest BCUT2D eigenvalue weighted by atomic mass is 10.1. The third-order valence-electron chi connectivity index (χ3n) is 3.41. The Bertz CT molecular complexity index is 519. The number of amides is 1. The fourth-order valence-corrected chi connectivity index (χ4v) is 2.63. The fraction of sp³-hybridized carbons (Fsp3) is 0.556. The second-order valence-corrected chi connectivity index (χ2v) is 6.41. The highest BCUT2D eigenvalue weighted by atomic mass is 32.2. The second kappa shape index (κ2) is 12.7. The number of rotatable bonds is 10. The van der Waals surface area contributed by atoms with Crippen molar-refractivity contribution in [3.63, 3.8) is 0 Å². The SMILES string of the molecule is CCNC(=NCC(=O)Nc1cccc(CC)c1)NCCCCSC. The first-order valence-corrected chi connectivity index (χ1v) is 9.98. The van der Waals surface area contributed by atoms with E-state index in [2.05, 4.69) is 40.2 Å². The molecule has 134 valence electrons. The van der Waals surface area contributed by atoms with E-state index in [0.717, 1.165) is 31.6 Å². The average Bonchev–Trinajstić information content (AvgIpc) is 2.59. The largest absolute Gasteiger partial charge is 0.357 e. The fourth-order valence-electron chi connectivity index (χ4n) is 2.14. The molecule has 1 aromatic carbocycles. The molecule has 3 N–H and O–H groups in total. The molecule has 0 atom stereocenters. The van der Waals surface area contributed by atoms with E-state index in [4.69, 9.17) is 0 Å². The summed E-state index contributed by atoms with van der Waals surface area (Å²) in [7, 11) is 0. The van der Waals surface area contributed by atoms with Crippen LogP contribution in [0.2, 0.25) is 0 Å². The number of hydrogen-bond donors (Lipinski definition) is 3. The number of aryl methyl sites for hydroxylation is 1. The summed E-state index contributed by atoms with van der Waals surface area (Å²) < 4.78 is 0. The monoisotopic (exact) mass is 350 g/mol. The molecule has 0 aliphatic carbocycles. The average molecular weight is 351 g/mol. The van der Waals surface area contributed by atoms with Gasteiger partial charge in [0, 0.05) is 18.8 Å². The van der Waals surface area contributed by atoms with Gasteiger partial charge in [0.05, 0.1) is 0 Å². The molecule has 1 aromatic rings. The quantitative estimate of drug-likeness (QED) is 0.345. The maximum Gasteiger partial charge on any atom is 0.246 e. The topological polar surface area (TPSA) is 65.5 Å². The molecular formula is C18H30N4OS. The highest BCUT2D eigenvalue weighted by Gasteiger charge is 2.03. The first-order chi connectivity index (χ1) is 11.7. The maximum atomic E-state index is 12.1. The number of thioether (sulfide) groups is 1. The van der Waals surface area contributed by atoms with E-state index in [1.807, 2.05) is 36.9 Å². The molecule has 24 heavy (non-hydrogen) atoms. The van der Waals surface area contributed by atoms with Crippen LogP contribution in [-0.4, -0.2) is 43.5 Å². The van der Waals surface area contributed by atoms with Crippen molar-refractivity contribution in [2.45, 2.75) is 33.1 Å². The minimum Gasteiger partial charge on any atom is -0.357 e. The minimum absolute atomic E-state index is 0.108. The van der Waals surface area contributed by atoms with Crippen LogP contribution >= 0.6 is 11.8 Å². The summed E-state index contributed by atoms with van der Waals surface area (Å²) in [5.41, 5.74) is 2.03. The van der Waals surface area contributed by atoms with Crippen LogP contribution in [-0.2, 0) is 11.2 Å². The zero-order valence-corrected chi connectivity index (χ0v) is 15.8. The zero-order chi connectivity index (χ0) is 17.6. The van der Waals surface area contributed by atoms with Crippen LogP contribution in [0.4, 0.5) is 5.69 Å². The van der Waals surface area contributed by atoms with Gasteiger partial charge >= 0.3 is 0 Å². The first kappa shape index (κ1) is 20.4. The number of guanidine groups is 1. The van der Waals surface area contributed by atoms with Crippen LogP contribution in [0, 0.1) is 0 Å². The van der Waals surface area contributed by atoms with Crippen molar-refractivity contribution in [2.24, 2.45) is 4.99 Å². The molecule has 0 aliphatic rings. The molecule has 0 saturated carbocycles. The van der Waals surface area contributed by atoms with Crippen LogP contribution in [0.5, 0.6) is 0 Å². The minimum atomic E-state index is -0.108. The van der Waals surface area contributed by atoms with Crippen LogP contribution < -0.4 is 16.0 Å². The third-order valence-corrected chi connectivity index (χ3v) is 4.11. The molecule has 0 bridgehead atoms. The number of benzene rings is 1. The van der Waals surface area contributed by atoms with Gasteiger partial charge in [-0.15, -0.1) is 0 Å². The highest BCUT2D eigenvalue weighted by Crippen LogP contribution is 2.10. The summed E-state index contributed by atoms with van der Waals surface area (Å²) in [5.74, 6) is 1.76. The van der Waals surface area contributed by atoms with Crippen molar-refractivity contribution in [1.29, 1.82) is 0 Å². The maximum absolute atomic E-state index is 12.1. The lowest BCUT2D eigenvalue weighted by molar-refractivity contribution is -0.114. The number of aliphatic imine (C=N–C) groups is 1. The van der Waals surface area contributed by atoms with E-state index in [1.54, 1.807) is 0 Å². The summed E-state index contributed by atoms with van der Waals surface area (Å²) in [6, 6.07) is 7.91. The standard InChI is InChI=1S/C18H30N4OS/c1-4-15-9-8-10-16(13-15)22-17(23)14-21-18(19-5-2)20-11-6-7-12-24-3/h8-10,13H,4-7,11-12,14H2,1-3H3,(H,22,23)(H2,19,20,21). The normalized spacial score (nSPS) is 11.2. The number of carbonyl (C=O) groups excluding carboxylic acids is 1. The van der Waals surface area contributed by atoms with Gasteiger partial charge in [0.25, 0.3) is 0 Å². The molecule has 1 rings (SSSR count). The molecule has 0 saturated heterocycles. The van der Waals surface area contributed by atoms with Gasteiger partial charge in [0.2, 0.25) is 5.91 Å². The summed E-state index contributed by atoms with van der Waals surface area (Å²) in [6.07, 6.45) is 5.35. The van der Waals surface area contributed by atoms with Gasteiger partial charge in [0.15, 0.2) is 5.96 Å². The molecule has 6 heteroatoms. The van der Waals surface area contributed by atoms with Crippen molar-refractivity contribution in [1.82, 2.24) is 10.6 Å². The van der Waals surface area contributed by atoms with Gasteiger partial charge in [-0.3, -0.25) is 4.79 Å². The van der Waals surface area contributed by atoms with Gasteiger partial charge in [-0.05, 0) is 55.9 Å². The van der Waals surface area contributed by atoms with Crippen molar-refractivity contribution in [3.8, 4) is 0 Å². The van der Waals surface area contributed by atoms with Crippen LogP contribution in [0.1, 0.15) is 32.3 Å². The smallest absolute Gasteiger partial charge is 0.246 e. The Hall–Kier alpha value is -1.69. The van der Waals surface area contributed by atoms with Crippen molar-refractivity contribution >= 4 is 29.3 Å². The predicted octanol–water partition coefficient (Wildman–Crippen LogP) is 2.89. The number of nitrogens with one attached hydrogen (secondary N) is 3. The Labute approximate surface area is 150 Å². The molecule has 0 heterocycles. The third kappa shape index (κ3) is 8.82. The lowest BCUT2D eigenvalue weighted by Crippen LogP contribution is -2.38. The van der Waals surface area contributed by atoms with Gasteiger partial charge in [-0.25, -0.2) is 4.99 Å². The first-order valence-electron chi connectivity index (χ1n) is 8.59. The molecule has 0 radical (unpaired) electrons. The molecule has 0 aromatic heterocycles. The van der Waals surface area contributed by atoms with E-state index in [1.165, 1.54) is 17.7 Å². The summed E-state index contributed by atoms with van der Waals surface area (Å²) in [5, 5.41) is 9.33. The lowest BCUT2D eigenvalue weighted by Gasteiger charge is -2.11. The number of carbonyl (C=O) groups is 1. The number of anilines is 1. The van der Waals surface area contributed by atoms with Crippen molar-refractivity contribution < 1.29 is 4.79 Å². The van der Waals surface area contributed by atoms with Crippen LogP contribution in [0.3, 0.4) is 0 Å². The van der Waals surface area contributed by atoms with Crippen molar-refractivity contribution in [2.75, 3.05) is 37.0 Å². The molecule has 0 spiro atoms. The van der Waals surface area contributed by atoms with E-state index in [9.17, 15) is 4.79 Å². The van der Waals surface area contributed by atoms with Gasteiger partial charge in [0.1, 0.15) is 6.54 Å². The highest BCUT2D eigenvalue weighted by molar-refractivity contribution is 7.98. The summed E-state index contributed by atoms with van der Waals surface area (Å²) in [6.45, 7) is 5.86. The Morgan fingerprint density at radius 3 is 2.75 bits per heavy atom. The van der Waals surface area contributed by atoms with E-state index >= 15 is 0 Å². The van der Waals surface area contributed by atoms with Gasteiger partial charge in [-0.1, -0.05) is 19.1 Å². The predicted molar refractivity (Wildman–Crippen MR) is 106 cm³/mol. The van der Waals surface area contributed by atoms with Crippen LogP contribution in [0.25, 0.3) is 0 Å². The molecule has 0 unspecified atom stereocenters. The Kier molecular flexibility index (Phi) is 10.8. The molecule has 5 nitrogen and oxygen atoms in total. The zero-order valence-electron chi connectivity index (χ0n) is 15.0. The second-order valence-electron chi connectivity index (χ2n) is 5.42. The Morgan fingerprint density at radius 1 is 1.21 bits per heavy atom. The van der Waals surface area contributed by atoms with E-state index in [-0.39, 0.29) is 12.5 Å². The van der Waals surface area contributed by atoms with E-state index in [0.29, 0.717) is 5.96 Å². The van der Waals surface area contributed by atoms with Gasteiger partial charge < -0.3 is 16.0 Å². The summed E-state index contributed by atoms with van der Waals surface area (Å²) in [4.78, 5) is 16.4. The van der Waals surface area contributed by atoms with Crippen molar-refractivity contribution in [3.05, 3.63) is 29.8 Å². The Balaban J connectivity index is 2.44. The summed E-state index contributed by atoms with van der Waals surface area (Å²) >= 11 is 1.86. The molecule has 0 aliphatic heterocycles. The van der Waals surface area contributed by atoms with E-state index < -0.39 is 0 Å². The number of hydrogen-bond acceptors (Lipinski definition) is 3. The Morgan fingerprint density at radius 2 is 2.04 bits per heavy atom. The number of nitrogens with zero attached hydrogens (tertiary/aromatic N) is 1. The van der Waals surface area contributed by atoms with Crippen LogP contribution in [0.15, 0.2) is 29.3 Å². The molecule has 1 amide bonds. The van der Waals surface area contributed by atoms with Gasteiger partial charge in [-0.2, -0.15) is 11.8 Å². The molecule has 0 fully saturated rings. The number of unbranched alkanes of at least 4 members (excludes halogenated alkanes) is 1.